The SMILES string of the molecule is Ic1c(I)c(I)c2c(c1I)Sc1c(I)c(I)c(I)c(I)c1N2I. The van der Waals surface area contributed by atoms with Crippen LogP contribution in [-0.4, -0.2) is 0 Å². The molecule has 23 heavy (non-hydrogen) atoms. The highest BCUT2D eigenvalue weighted by molar-refractivity contribution is 14.1. The first kappa shape index (κ1) is 22.8. The first-order valence-corrected chi connectivity index (χ1v) is 15.9. The summed E-state index contributed by atoms with van der Waals surface area (Å²) < 4.78 is 13.2. The minimum Gasteiger partial charge on any atom is -0.278 e. The first-order valence-electron chi connectivity index (χ1n) is 5.54. The molecule has 0 unspecified atom stereocenters. The number of halogens is 9. The maximum absolute atomic E-state index is 2.50. The molecule has 0 amide bonds. The summed E-state index contributed by atoms with van der Waals surface area (Å²) in [7, 11) is 0. The molecule has 1 nitrogen and oxygen atoms in total. The van der Waals surface area contributed by atoms with Gasteiger partial charge in [0.1, 0.15) is 0 Å². The number of hydrogen-bond donors (Lipinski definition) is 0. The first-order chi connectivity index (χ1) is 10.7. The fraction of sp³-hybridized carbons (Fsp3) is 0. The van der Waals surface area contributed by atoms with Crippen LogP contribution in [0.2, 0.25) is 0 Å². The van der Waals surface area contributed by atoms with Crippen molar-refractivity contribution in [3.05, 3.63) is 28.6 Å². The molecule has 122 valence electrons. The van der Waals surface area contributed by atoms with Crippen molar-refractivity contribution in [2.75, 3.05) is 3.11 Å². The molecule has 0 spiro atoms. The third-order valence-electron chi connectivity index (χ3n) is 3.00. The van der Waals surface area contributed by atoms with Crippen molar-refractivity contribution < 1.29 is 0 Å². The molecular weight excluding hydrogens is 1330 g/mol. The summed E-state index contributed by atoms with van der Waals surface area (Å²) in [5.74, 6) is 0. The number of hydrogen-bond acceptors (Lipinski definition) is 2. The van der Waals surface area contributed by atoms with Gasteiger partial charge < -0.3 is 0 Å². The molecule has 0 bridgehead atoms. The average Bonchev–Trinajstić information content (AvgIpc) is 2.53. The summed E-state index contributed by atoms with van der Waals surface area (Å²) in [6.45, 7) is 0. The van der Waals surface area contributed by atoms with Gasteiger partial charge in [0, 0.05) is 21.4 Å². The van der Waals surface area contributed by atoms with Gasteiger partial charge in [-0.25, -0.2) is 0 Å². The monoisotopic (exact) mass is 1330 g/mol. The number of fused-ring (bicyclic) bond motifs is 2. The van der Waals surface area contributed by atoms with Crippen LogP contribution in [0.25, 0.3) is 0 Å². The molecule has 0 saturated carbocycles. The summed E-state index contributed by atoms with van der Waals surface area (Å²) in [5.41, 5.74) is 2.67. The standard InChI is InChI=1S/C12I9NS/c13-1-3(15)7(19)11-9(5(1)17)22(21)10-6(18)2(14)4(16)8(20)12(10)23-11. The lowest BCUT2D eigenvalue weighted by Gasteiger charge is -2.32. The zero-order valence-corrected chi connectivity index (χ0v) is 30.5. The maximum Gasteiger partial charge on any atom is 0.0806 e. The summed E-state index contributed by atoms with van der Waals surface area (Å²) >= 11 is 24.3. The molecule has 11 heteroatoms. The van der Waals surface area contributed by atoms with Gasteiger partial charge in [0.15, 0.2) is 0 Å². The highest BCUT2D eigenvalue weighted by Gasteiger charge is 2.33. The Balaban J connectivity index is 2.40. The molecule has 0 fully saturated rings. The molecule has 1 aliphatic heterocycles. The van der Waals surface area contributed by atoms with Crippen molar-refractivity contribution in [2.24, 2.45) is 0 Å². The van der Waals surface area contributed by atoms with Gasteiger partial charge in [0.25, 0.3) is 0 Å². The van der Waals surface area contributed by atoms with Crippen LogP contribution in [0.5, 0.6) is 0 Å². The average molecular weight is 1330 g/mol. The Bertz CT molecular complexity index is 798. The zero-order chi connectivity index (χ0) is 17.2. The largest absolute Gasteiger partial charge is 0.278 e. The van der Waals surface area contributed by atoms with Crippen molar-refractivity contribution in [2.45, 2.75) is 9.79 Å². The second-order valence-corrected chi connectivity index (χ2v) is 14.9. The Kier molecular flexibility index (Phi) is 9.05. The summed E-state index contributed by atoms with van der Waals surface area (Å²) in [4.78, 5) is 2.76. The Morgan fingerprint density at radius 2 is 0.783 bits per heavy atom. The molecule has 1 heterocycles. The van der Waals surface area contributed by atoms with Gasteiger partial charge in [0.05, 0.1) is 51.2 Å². The summed E-state index contributed by atoms with van der Waals surface area (Å²) in [6, 6.07) is 0. The van der Waals surface area contributed by atoms with E-state index in [0.29, 0.717) is 0 Å². The van der Waals surface area contributed by atoms with E-state index in [9.17, 15) is 0 Å². The van der Waals surface area contributed by atoms with Crippen LogP contribution < -0.4 is 3.11 Å². The molecule has 3 rings (SSSR count). The van der Waals surface area contributed by atoms with Gasteiger partial charge >= 0.3 is 0 Å². The number of nitrogens with zero attached hydrogens (tertiary/aromatic N) is 1. The minimum absolute atomic E-state index is 1.34. The molecule has 0 atom stereocenters. The summed E-state index contributed by atoms with van der Waals surface area (Å²) in [6.07, 6.45) is 0. The Morgan fingerprint density at radius 3 is 1.13 bits per heavy atom. The minimum atomic E-state index is 1.34. The lowest BCUT2D eigenvalue weighted by Crippen LogP contribution is -2.16. The van der Waals surface area contributed by atoms with Crippen molar-refractivity contribution in [1.82, 2.24) is 0 Å². The Hall–Kier alpha value is 5.16. The van der Waals surface area contributed by atoms with E-state index in [4.69, 9.17) is 0 Å². The van der Waals surface area contributed by atoms with Crippen LogP contribution in [0.1, 0.15) is 0 Å². The van der Waals surface area contributed by atoms with E-state index in [1.165, 1.54) is 49.7 Å². The van der Waals surface area contributed by atoms with Gasteiger partial charge in [-0.15, -0.1) is 0 Å². The Labute approximate surface area is 261 Å². The third-order valence-corrected chi connectivity index (χ3v) is 20.7. The second-order valence-electron chi connectivity index (χ2n) is 4.25. The van der Waals surface area contributed by atoms with E-state index >= 15 is 0 Å². The van der Waals surface area contributed by atoms with Crippen LogP contribution >= 0.6 is 215 Å². The predicted molar refractivity (Wildman–Crippen MR) is 175 cm³/mol. The summed E-state index contributed by atoms with van der Waals surface area (Å²) in [5, 5.41) is 0. The fourth-order valence-electron chi connectivity index (χ4n) is 1.95. The highest BCUT2D eigenvalue weighted by atomic mass is 127. The number of anilines is 2. The Morgan fingerprint density at radius 1 is 0.478 bits per heavy atom. The zero-order valence-electron chi connectivity index (χ0n) is 10.3. The third kappa shape index (κ3) is 4.05. The van der Waals surface area contributed by atoms with E-state index < -0.39 is 0 Å². The van der Waals surface area contributed by atoms with Crippen molar-refractivity contribution in [3.8, 4) is 0 Å². The molecule has 0 saturated heterocycles. The van der Waals surface area contributed by atoms with Gasteiger partial charge in [-0.3, -0.25) is 3.11 Å². The lowest BCUT2D eigenvalue weighted by atomic mass is 10.2. The molecule has 2 aromatic carbocycles. The number of benzene rings is 2. The molecular formula is C12I9NS. The molecule has 0 radical (unpaired) electrons. The molecule has 0 N–H and O–H groups in total. The molecule has 0 aliphatic carbocycles. The quantitative estimate of drug-likeness (QED) is 0.112. The van der Waals surface area contributed by atoms with Crippen molar-refractivity contribution in [1.29, 1.82) is 0 Å². The van der Waals surface area contributed by atoms with E-state index in [0.717, 1.165) is 0 Å². The second kappa shape index (κ2) is 9.11. The van der Waals surface area contributed by atoms with Gasteiger partial charge in [-0.05, 0) is 181 Å². The predicted octanol–water partition coefficient (Wildman–Crippen LogP) is 9.48. The van der Waals surface area contributed by atoms with Gasteiger partial charge in [-0.2, -0.15) is 0 Å². The normalized spacial score (nSPS) is 13.2. The van der Waals surface area contributed by atoms with Crippen LogP contribution in [0, 0.1) is 28.6 Å². The van der Waals surface area contributed by atoms with Crippen LogP contribution in [-0.2, 0) is 0 Å². The van der Waals surface area contributed by atoms with E-state index in [2.05, 4.69) is 207 Å². The van der Waals surface area contributed by atoms with E-state index in [1.54, 1.807) is 0 Å². The number of rotatable bonds is 0. The molecule has 2 aromatic rings. The van der Waals surface area contributed by atoms with Crippen molar-refractivity contribution in [3.63, 3.8) is 0 Å². The van der Waals surface area contributed by atoms with E-state index in [-0.39, 0.29) is 0 Å². The highest BCUT2D eigenvalue weighted by Crippen LogP contribution is 2.58. The lowest BCUT2D eigenvalue weighted by molar-refractivity contribution is 1.18. The fourth-order valence-corrected chi connectivity index (χ4v) is 13.5. The van der Waals surface area contributed by atoms with Gasteiger partial charge in [0.2, 0.25) is 0 Å². The van der Waals surface area contributed by atoms with Crippen LogP contribution in [0.15, 0.2) is 9.79 Å². The van der Waals surface area contributed by atoms with Crippen molar-refractivity contribution >= 4 is 227 Å². The molecule has 0 aromatic heterocycles. The maximum atomic E-state index is 2.50. The topological polar surface area (TPSA) is 3.24 Å². The van der Waals surface area contributed by atoms with Crippen LogP contribution in [0.4, 0.5) is 11.4 Å². The van der Waals surface area contributed by atoms with Gasteiger partial charge in [-0.1, -0.05) is 11.8 Å². The van der Waals surface area contributed by atoms with Crippen LogP contribution in [0.3, 0.4) is 0 Å². The smallest absolute Gasteiger partial charge is 0.0806 e. The van der Waals surface area contributed by atoms with E-state index in [1.807, 2.05) is 11.8 Å². The molecule has 1 aliphatic rings.